The Labute approximate surface area is 384 Å². The molecular formula is C58H46N2O6+2. The summed E-state index contributed by atoms with van der Waals surface area (Å²) in [5.41, 5.74) is 12.5. The molecule has 0 radical (unpaired) electrons. The molecule has 8 heteroatoms. The van der Waals surface area contributed by atoms with Gasteiger partial charge in [0.2, 0.25) is 0 Å². The molecule has 11 rings (SSSR count). The van der Waals surface area contributed by atoms with Crippen LogP contribution in [0.2, 0.25) is 0 Å². The van der Waals surface area contributed by atoms with Gasteiger partial charge in [-0.25, -0.2) is 8.85 Å². The van der Waals surface area contributed by atoms with E-state index in [-0.39, 0.29) is 11.8 Å². The van der Waals surface area contributed by atoms with Gasteiger partial charge in [0, 0.05) is 46.3 Å². The summed E-state index contributed by atoms with van der Waals surface area (Å²) in [5, 5.41) is 0. The highest BCUT2D eigenvalue weighted by atomic mass is 16.5. The van der Waals surface area contributed by atoms with E-state index in [9.17, 15) is 0 Å². The summed E-state index contributed by atoms with van der Waals surface area (Å²) in [6.07, 6.45) is 8.89. The molecule has 7 aromatic rings. The number of hydrogen-bond donors (Lipinski definition) is 0. The molecule has 0 aromatic heterocycles. The summed E-state index contributed by atoms with van der Waals surface area (Å²) in [4.78, 5) is 4.43. The molecule has 2 unspecified atom stereocenters. The topological polar surface area (TPSA) is 66.0 Å². The van der Waals surface area contributed by atoms with E-state index in [1.165, 1.54) is 11.1 Å². The maximum absolute atomic E-state index is 7.03. The Bertz CT molecular complexity index is 2830. The predicted molar refractivity (Wildman–Crippen MR) is 263 cm³/mol. The number of carbonyl (C=O) groups excluding carboxylic acids is 2. The fourth-order valence-electron chi connectivity index (χ4n) is 9.40. The van der Waals surface area contributed by atoms with Gasteiger partial charge in [-0.1, -0.05) is 24.3 Å². The second-order valence-corrected chi connectivity index (χ2v) is 16.3. The van der Waals surface area contributed by atoms with Gasteiger partial charge in [-0.15, -0.1) is 0 Å². The highest BCUT2D eigenvalue weighted by Gasteiger charge is 2.57. The number of rotatable bonds is 12. The van der Waals surface area contributed by atoms with Crippen molar-refractivity contribution in [2.45, 2.75) is 0 Å². The molecule has 0 saturated heterocycles. The third kappa shape index (κ3) is 7.22. The first-order valence-electron chi connectivity index (χ1n) is 21.9. The lowest BCUT2D eigenvalue weighted by Crippen LogP contribution is -2.42. The van der Waals surface area contributed by atoms with Gasteiger partial charge in [-0.2, -0.15) is 0 Å². The molecule has 2 atom stereocenters. The maximum atomic E-state index is 7.03. The Hall–Kier alpha value is -8.36. The van der Waals surface area contributed by atoms with Crippen LogP contribution in [0, 0.1) is 11.8 Å². The van der Waals surface area contributed by atoms with Crippen molar-refractivity contribution in [3.8, 4) is 23.0 Å². The van der Waals surface area contributed by atoms with Crippen LogP contribution in [0.15, 0.2) is 205 Å². The molecule has 0 N–H and O–H groups in total. The molecule has 0 bridgehead atoms. The third-order valence-corrected chi connectivity index (χ3v) is 12.7. The van der Waals surface area contributed by atoms with Crippen LogP contribution in [0.5, 0.6) is 23.0 Å². The molecule has 2 aliphatic carbocycles. The molecule has 0 spiro atoms. The van der Waals surface area contributed by atoms with Gasteiger partial charge in [-0.3, -0.25) is 0 Å². The molecule has 7 aromatic carbocycles. The van der Waals surface area contributed by atoms with Crippen LogP contribution in [0.4, 0.5) is 34.1 Å². The number of fused-ring (bicyclic) bond motifs is 3. The van der Waals surface area contributed by atoms with E-state index < -0.39 is 0 Å². The molecule has 0 saturated carbocycles. The number of benzene rings is 7. The first-order valence-corrected chi connectivity index (χ1v) is 21.9. The molecule has 0 amide bonds. The van der Waals surface area contributed by atoms with Gasteiger partial charge in [0.1, 0.15) is 34.8 Å². The molecular weight excluding hydrogens is 821 g/mol. The van der Waals surface area contributed by atoms with E-state index in [1.54, 1.807) is 28.4 Å². The smallest absolute Gasteiger partial charge is 0.360 e. The van der Waals surface area contributed by atoms with Crippen molar-refractivity contribution in [1.82, 2.24) is 0 Å². The average Bonchev–Trinajstić information content (AvgIpc) is 3.39. The average molecular weight is 867 g/mol. The minimum Gasteiger partial charge on any atom is -0.497 e. The van der Waals surface area contributed by atoms with Crippen molar-refractivity contribution in [3.05, 3.63) is 228 Å². The van der Waals surface area contributed by atoms with Crippen LogP contribution in [0.1, 0.15) is 31.1 Å². The van der Waals surface area contributed by atoms with Crippen LogP contribution in [-0.4, -0.2) is 40.0 Å². The van der Waals surface area contributed by atoms with E-state index in [2.05, 4.69) is 155 Å². The molecule has 8 nitrogen and oxygen atoms in total. The van der Waals surface area contributed by atoms with E-state index in [4.69, 9.17) is 27.8 Å². The van der Waals surface area contributed by atoms with E-state index in [0.717, 1.165) is 102 Å². The van der Waals surface area contributed by atoms with Crippen LogP contribution in [0.25, 0.3) is 11.5 Å². The Morgan fingerprint density at radius 3 is 0.894 bits per heavy atom. The first-order chi connectivity index (χ1) is 32.5. The summed E-state index contributed by atoms with van der Waals surface area (Å²) in [7, 11) is 6.72. The van der Waals surface area contributed by atoms with Gasteiger partial charge in [-0.05, 0) is 169 Å². The number of anilines is 6. The zero-order valence-electron chi connectivity index (χ0n) is 37.0. The second-order valence-electron chi connectivity index (χ2n) is 16.3. The summed E-state index contributed by atoms with van der Waals surface area (Å²) in [5.74, 6) is 6.65. The number of ketones is 2. The minimum absolute atomic E-state index is 0.0266. The molecule has 4 aliphatic rings. The molecule has 66 heavy (non-hydrogen) atoms. The molecule has 0 fully saturated rings. The van der Waals surface area contributed by atoms with Crippen molar-refractivity contribution in [2.75, 3.05) is 38.2 Å². The minimum atomic E-state index is -0.0266. The van der Waals surface area contributed by atoms with Crippen LogP contribution >= 0.6 is 0 Å². The van der Waals surface area contributed by atoms with E-state index in [0.29, 0.717) is 0 Å². The normalized spacial score (nSPS) is 16.4. The lowest BCUT2D eigenvalue weighted by atomic mass is 9.64. The fourth-order valence-corrected chi connectivity index (χ4v) is 9.40. The highest BCUT2D eigenvalue weighted by molar-refractivity contribution is 6.20. The van der Waals surface area contributed by atoms with Crippen molar-refractivity contribution in [1.29, 1.82) is 0 Å². The Morgan fingerprint density at radius 2 is 0.621 bits per heavy atom. The van der Waals surface area contributed by atoms with Crippen LogP contribution in [-0.2, 0) is 0 Å². The van der Waals surface area contributed by atoms with Crippen molar-refractivity contribution in [3.63, 3.8) is 0 Å². The van der Waals surface area contributed by atoms with Gasteiger partial charge in [0.25, 0.3) is 0 Å². The van der Waals surface area contributed by atoms with Gasteiger partial charge in [0.15, 0.2) is 0 Å². The largest absolute Gasteiger partial charge is 0.497 e. The lowest BCUT2D eigenvalue weighted by Gasteiger charge is -2.32. The molecule has 322 valence electrons. The van der Waals surface area contributed by atoms with Crippen molar-refractivity contribution < 1.29 is 27.8 Å². The van der Waals surface area contributed by atoms with Crippen LogP contribution < -0.4 is 28.7 Å². The summed E-state index contributed by atoms with van der Waals surface area (Å²) < 4.78 is 35.9. The number of methoxy groups -OCH3 is 4. The van der Waals surface area contributed by atoms with E-state index >= 15 is 0 Å². The monoisotopic (exact) mass is 866 g/mol. The number of nitrogens with zero attached hydrogens (tertiary/aromatic N) is 2. The van der Waals surface area contributed by atoms with Gasteiger partial charge >= 0.3 is 23.1 Å². The van der Waals surface area contributed by atoms with E-state index in [1.807, 2.05) is 48.5 Å². The summed E-state index contributed by atoms with van der Waals surface area (Å²) >= 11 is 0. The number of hydrogen-bond acceptors (Lipinski definition) is 6. The van der Waals surface area contributed by atoms with Crippen molar-refractivity contribution in [2.24, 2.45) is 11.8 Å². The first kappa shape index (κ1) is 40.4. The Morgan fingerprint density at radius 1 is 0.348 bits per heavy atom. The lowest BCUT2D eigenvalue weighted by molar-refractivity contribution is -0.157. The van der Waals surface area contributed by atoms with Gasteiger partial charge in [0.05, 0.1) is 50.7 Å². The summed E-state index contributed by atoms with van der Waals surface area (Å²) in [6.45, 7) is 0. The fraction of sp³-hybridized carbons (Fsp3) is 0.103. The Kier molecular flexibility index (Phi) is 10.4. The standard InChI is InChI=1S/C58H46N2O6/c1-61-47-27-19-43(20-28-47)59(44-21-29-48(62-2)30-22-44)41-15-11-37(12-16-41)53-35-39-9-10-40-36-54(66-58-52-8-6-5-7-51(52)57(65-53)55(39)56(40)58)38-13-17-42(18-14-38)60(45-23-31-49(63-3)32-24-45)46-25-33-50(64-4)34-26-46/h5-36,55-56H,1-4H3/q+2. The Balaban J connectivity index is 0.932. The maximum Gasteiger partial charge on any atom is 0.360 e. The zero-order valence-corrected chi connectivity index (χ0v) is 37.0. The van der Waals surface area contributed by atoms with Gasteiger partial charge < -0.3 is 28.7 Å². The quantitative estimate of drug-likeness (QED) is 0.114. The van der Waals surface area contributed by atoms with Crippen molar-refractivity contribution >= 4 is 57.2 Å². The van der Waals surface area contributed by atoms with Crippen LogP contribution in [0.3, 0.4) is 0 Å². The third-order valence-electron chi connectivity index (χ3n) is 12.7. The number of allylic oxidation sites excluding steroid dienone is 6. The molecule has 2 heterocycles. The summed E-state index contributed by atoms with van der Waals surface area (Å²) in [6, 6.07) is 57.9. The SMILES string of the molecule is COc1ccc(N(c2ccc(OC)cc2)c2ccc(C3=CC4=CC=C5C=C(c6ccc(N(c7ccc(OC)cc7)c7ccc(OC)cc7)cc6)[O+]=C6c7ccccc7C(=[O+]3)C4C56)cc2)cc1. The molecule has 2 aliphatic heterocycles. The zero-order chi connectivity index (χ0) is 44.7. The number of ether oxygens (including phenoxy) is 4. The highest BCUT2D eigenvalue weighted by Crippen LogP contribution is 2.49. The second kappa shape index (κ2) is 17.0. The predicted octanol–water partition coefficient (Wildman–Crippen LogP) is 13.3.